The molecule has 0 aliphatic carbocycles. The molecule has 22 heavy (non-hydrogen) atoms. The average Bonchev–Trinajstić information content (AvgIpc) is 2.86. The van der Waals surface area contributed by atoms with Crippen molar-refractivity contribution in [3.63, 3.8) is 0 Å². The fraction of sp³-hybridized carbons (Fsp3) is 0.611. The predicted octanol–water partition coefficient (Wildman–Crippen LogP) is 3.04. The third-order valence-electron chi connectivity index (χ3n) is 4.86. The molecule has 2 aromatic rings. The molecule has 1 unspecified atom stereocenters. The van der Waals surface area contributed by atoms with E-state index in [4.69, 9.17) is 4.98 Å². The van der Waals surface area contributed by atoms with Crippen LogP contribution in [0.15, 0.2) is 24.3 Å². The Morgan fingerprint density at radius 2 is 2.00 bits per heavy atom. The van der Waals surface area contributed by atoms with Gasteiger partial charge in [0.25, 0.3) is 0 Å². The Balaban J connectivity index is 1.75. The summed E-state index contributed by atoms with van der Waals surface area (Å²) in [6.07, 6.45) is 3.13. The lowest BCUT2D eigenvalue weighted by molar-refractivity contribution is 0.0684. The van der Waals surface area contributed by atoms with E-state index in [-0.39, 0.29) is 6.10 Å². The lowest BCUT2D eigenvalue weighted by Gasteiger charge is -2.33. The van der Waals surface area contributed by atoms with Gasteiger partial charge in [-0.1, -0.05) is 19.1 Å². The standard InChI is InChI=1S/C18H27N3O/c1-3-10-21-17-7-5-4-6-16(17)19-18(21)13-20-11-8-15(9-12-20)14(2)22/h4-7,14-15,22H,3,8-13H2,1-2H3. The van der Waals surface area contributed by atoms with Crippen molar-refractivity contribution in [1.29, 1.82) is 0 Å². The first-order valence-corrected chi connectivity index (χ1v) is 8.53. The van der Waals surface area contributed by atoms with Gasteiger partial charge in [0.1, 0.15) is 5.82 Å². The third-order valence-corrected chi connectivity index (χ3v) is 4.86. The number of nitrogens with zero attached hydrogens (tertiary/aromatic N) is 3. The van der Waals surface area contributed by atoms with Crippen molar-refractivity contribution in [2.45, 2.75) is 52.3 Å². The molecular weight excluding hydrogens is 274 g/mol. The minimum atomic E-state index is -0.174. The molecule has 120 valence electrons. The molecule has 2 heterocycles. The van der Waals surface area contributed by atoms with Crippen LogP contribution in [0.4, 0.5) is 0 Å². The summed E-state index contributed by atoms with van der Waals surface area (Å²) >= 11 is 0. The van der Waals surface area contributed by atoms with Crippen LogP contribution in [0.2, 0.25) is 0 Å². The molecule has 0 bridgehead atoms. The lowest BCUT2D eigenvalue weighted by atomic mass is 9.92. The first-order chi connectivity index (χ1) is 10.7. The molecule has 1 aromatic carbocycles. The van der Waals surface area contributed by atoms with Crippen LogP contribution in [-0.4, -0.2) is 38.8 Å². The Hall–Kier alpha value is -1.39. The number of hydrogen-bond donors (Lipinski definition) is 1. The molecule has 1 aromatic heterocycles. The van der Waals surface area contributed by atoms with E-state index in [9.17, 15) is 5.11 Å². The van der Waals surface area contributed by atoms with E-state index in [0.717, 1.165) is 51.0 Å². The summed E-state index contributed by atoms with van der Waals surface area (Å²) in [4.78, 5) is 7.33. The van der Waals surface area contributed by atoms with Gasteiger partial charge in [-0.3, -0.25) is 4.90 Å². The molecule has 0 radical (unpaired) electrons. The number of likely N-dealkylation sites (tertiary alicyclic amines) is 1. The van der Waals surface area contributed by atoms with Gasteiger partial charge in [-0.25, -0.2) is 4.98 Å². The van der Waals surface area contributed by atoms with Gasteiger partial charge in [-0.15, -0.1) is 0 Å². The number of piperidine rings is 1. The number of aliphatic hydroxyl groups is 1. The van der Waals surface area contributed by atoms with Gasteiger partial charge in [0, 0.05) is 6.54 Å². The van der Waals surface area contributed by atoms with Crippen LogP contribution in [-0.2, 0) is 13.1 Å². The van der Waals surface area contributed by atoms with Crippen LogP contribution in [0.1, 0.15) is 38.9 Å². The maximum Gasteiger partial charge on any atom is 0.124 e. The van der Waals surface area contributed by atoms with Gasteiger partial charge in [-0.05, 0) is 57.3 Å². The van der Waals surface area contributed by atoms with Gasteiger partial charge in [-0.2, -0.15) is 0 Å². The molecule has 4 heteroatoms. The van der Waals surface area contributed by atoms with Crippen LogP contribution < -0.4 is 0 Å². The topological polar surface area (TPSA) is 41.3 Å². The summed E-state index contributed by atoms with van der Waals surface area (Å²) in [6.45, 7) is 8.20. The Morgan fingerprint density at radius 1 is 1.27 bits per heavy atom. The first-order valence-electron chi connectivity index (χ1n) is 8.53. The zero-order valence-electron chi connectivity index (χ0n) is 13.7. The smallest absolute Gasteiger partial charge is 0.124 e. The molecule has 1 atom stereocenters. The van der Waals surface area contributed by atoms with E-state index in [1.54, 1.807) is 0 Å². The van der Waals surface area contributed by atoms with Crippen LogP contribution in [0.3, 0.4) is 0 Å². The average molecular weight is 301 g/mol. The highest BCUT2D eigenvalue weighted by Gasteiger charge is 2.23. The minimum Gasteiger partial charge on any atom is -0.393 e. The molecule has 3 rings (SSSR count). The van der Waals surface area contributed by atoms with E-state index >= 15 is 0 Å². The highest BCUT2D eigenvalue weighted by Crippen LogP contribution is 2.23. The maximum atomic E-state index is 9.73. The molecule has 0 amide bonds. The van der Waals surface area contributed by atoms with Crippen LogP contribution in [0, 0.1) is 5.92 Å². The highest BCUT2D eigenvalue weighted by atomic mass is 16.3. The van der Waals surface area contributed by atoms with Gasteiger partial charge in [0.15, 0.2) is 0 Å². The number of benzene rings is 1. The fourth-order valence-electron chi connectivity index (χ4n) is 3.51. The Labute approximate surface area is 132 Å². The molecule has 1 fully saturated rings. The van der Waals surface area contributed by atoms with Gasteiger partial charge in [0.2, 0.25) is 0 Å². The van der Waals surface area contributed by atoms with Crippen molar-refractivity contribution in [1.82, 2.24) is 14.5 Å². The summed E-state index contributed by atoms with van der Waals surface area (Å²) in [5, 5.41) is 9.73. The second kappa shape index (κ2) is 6.80. The second-order valence-electron chi connectivity index (χ2n) is 6.52. The number of rotatable bonds is 5. The monoisotopic (exact) mass is 301 g/mol. The van der Waals surface area contributed by atoms with Crippen molar-refractivity contribution >= 4 is 11.0 Å². The quantitative estimate of drug-likeness (QED) is 0.923. The van der Waals surface area contributed by atoms with Crippen molar-refractivity contribution < 1.29 is 5.11 Å². The van der Waals surface area contributed by atoms with Crippen LogP contribution in [0.25, 0.3) is 11.0 Å². The molecule has 1 aliphatic heterocycles. The summed E-state index contributed by atoms with van der Waals surface area (Å²) in [5.41, 5.74) is 2.35. The summed E-state index contributed by atoms with van der Waals surface area (Å²) in [7, 11) is 0. The maximum absolute atomic E-state index is 9.73. The van der Waals surface area contributed by atoms with E-state index in [2.05, 4.69) is 40.7 Å². The summed E-state index contributed by atoms with van der Waals surface area (Å²) in [5.74, 6) is 1.64. The zero-order valence-corrected chi connectivity index (χ0v) is 13.7. The summed E-state index contributed by atoms with van der Waals surface area (Å²) in [6, 6.07) is 8.42. The Bertz CT molecular complexity index is 612. The molecule has 1 aliphatic rings. The van der Waals surface area contributed by atoms with E-state index in [1.807, 2.05) is 6.92 Å². The van der Waals surface area contributed by atoms with Crippen molar-refractivity contribution in [2.75, 3.05) is 13.1 Å². The lowest BCUT2D eigenvalue weighted by Crippen LogP contribution is -2.37. The Kier molecular flexibility index (Phi) is 4.79. The molecule has 0 spiro atoms. The minimum absolute atomic E-state index is 0.174. The zero-order chi connectivity index (χ0) is 15.5. The van der Waals surface area contributed by atoms with Crippen LogP contribution >= 0.6 is 0 Å². The van der Waals surface area contributed by atoms with E-state index in [0.29, 0.717) is 5.92 Å². The van der Waals surface area contributed by atoms with E-state index < -0.39 is 0 Å². The van der Waals surface area contributed by atoms with Crippen molar-refractivity contribution in [3.05, 3.63) is 30.1 Å². The van der Waals surface area contributed by atoms with Crippen molar-refractivity contribution in [2.24, 2.45) is 5.92 Å². The van der Waals surface area contributed by atoms with E-state index in [1.165, 1.54) is 11.3 Å². The number of hydrogen-bond acceptors (Lipinski definition) is 3. The highest BCUT2D eigenvalue weighted by molar-refractivity contribution is 5.75. The first kappa shape index (κ1) is 15.5. The molecular formula is C18H27N3O. The second-order valence-corrected chi connectivity index (χ2v) is 6.52. The largest absolute Gasteiger partial charge is 0.393 e. The van der Waals surface area contributed by atoms with Gasteiger partial charge in [0.05, 0.1) is 23.7 Å². The normalized spacial score (nSPS) is 18.9. The van der Waals surface area contributed by atoms with Gasteiger partial charge >= 0.3 is 0 Å². The molecule has 4 nitrogen and oxygen atoms in total. The number of aliphatic hydroxyl groups excluding tert-OH is 1. The summed E-state index contributed by atoms with van der Waals surface area (Å²) < 4.78 is 2.37. The number of aryl methyl sites for hydroxylation is 1. The molecule has 1 saturated heterocycles. The Morgan fingerprint density at radius 3 is 2.68 bits per heavy atom. The number of imidazole rings is 1. The van der Waals surface area contributed by atoms with Crippen molar-refractivity contribution in [3.8, 4) is 0 Å². The number of fused-ring (bicyclic) bond motifs is 1. The van der Waals surface area contributed by atoms with Gasteiger partial charge < -0.3 is 9.67 Å². The molecule has 1 N–H and O–H groups in total. The predicted molar refractivity (Wildman–Crippen MR) is 89.7 cm³/mol. The number of aromatic nitrogens is 2. The fourth-order valence-corrected chi connectivity index (χ4v) is 3.51. The van der Waals surface area contributed by atoms with Crippen LogP contribution in [0.5, 0.6) is 0 Å². The SMILES string of the molecule is CCCn1c(CN2CCC(C(C)O)CC2)nc2ccccc21. The number of para-hydroxylation sites is 2. The third kappa shape index (κ3) is 3.18. The molecule has 0 saturated carbocycles.